The van der Waals surface area contributed by atoms with Crippen molar-refractivity contribution in [2.24, 2.45) is 0 Å². The zero-order valence-electron chi connectivity index (χ0n) is 13.8. The fraction of sp³-hybridized carbons (Fsp3) is 0.500. The molecule has 0 heterocycles. The van der Waals surface area contributed by atoms with Crippen LogP contribution in [-0.4, -0.2) is 48.0 Å². The van der Waals surface area contributed by atoms with Crippen LogP contribution in [0.5, 0.6) is 0 Å². The van der Waals surface area contributed by atoms with Crippen LogP contribution < -0.4 is 10.6 Å². The van der Waals surface area contributed by atoms with Gasteiger partial charge >= 0.3 is 12.1 Å². The van der Waals surface area contributed by atoms with Crippen molar-refractivity contribution in [2.45, 2.75) is 27.7 Å². The molecule has 0 spiro atoms. The molecule has 0 radical (unpaired) electrons. The Morgan fingerprint density at radius 2 is 1.00 bits per heavy atom. The van der Waals surface area contributed by atoms with Crippen LogP contribution in [0, 0.1) is 0 Å². The second kappa shape index (κ2) is 8.92. The number of hydrogen-bond acceptors (Lipinski definition) is 2. The maximum absolute atomic E-state index is 11.9. The van der Waals surface area contributed by atoms with Crippen LogP contribution in [-0.2, 0) is 0 Å². The molecule has 0 atom stereocenters. The highest BCUT2D eigenvalue weighted by atomic mass is 16.2. The number of benzene rings is 1. The van der Waals surface area contributed by atoms with Crippen molar-refractivity contribution in [2.75, 3.05) is 36.8 Å². The standard InChI is InChI=1S/C16H26N4O2/c1-5-19(6-2)15(21)17-13-9-11-14(12-10-13)18-16(22)20(7-3)8-4/h9-12H,5-8H2,1-4H3,(H,17,21)(H,18,22). The van der Waals surface area contributed by atoms with Gasteiger partial charge in [0.1, 0.15) is 0 Å². The Labute approximate surface area is 132 Å². The van der Waals surface area contributed by atoms with Crippen LogP contribution in [0.15, 0.2) is 24.3 Å². The molecular weight excluding hydrogens is 280 g/mol. The molecule has 0 bridgehead atoms. The third-order valence-corrected chi connectivity index (χ3v) is 3.49. The molecule has 0 saturated heterocycles. The summed E-state index contributed by atoms with van der Waals surface area (Å²) in [6, 6.07) is 6.87. The lowest BCUT2D eigenvalue weighted by molar-refractivity contribution is 0.216. The Morgan fingerprint density at radius 1 is 0.727 bits per heavy atom. The molecular formula is C16H26N4O2. The molecule has 6 heteroatoms. The average molecular weight is 306 g/mol. The molecule has 2 N–H and O–H groups in total. The van der Waals surface area contributed by atoms with E-state index in [9.17, 15) is 9.59 Å². The quantitative estimate of drug-likeness (QED) is 0.845. The van der Waals surface area contributed by atoms with Crippen LogP contribution in [0.4, 0.5) is 21.0 Å². The molecule has 1 aromatic rings. The van der Waals surface area contributed by atoms with Gasteiger partial charge in [-0.15, -0.1) is 0 Å². The number of rotatable bonds is 6. The van der Waals surface area contributed by atoms with E-state index >= 15 is 0 Å². The van der Waals surface area contributed by atoms with Crippen LogP contribution in [0.1, 0.15) is 27.7 Å². The maximum Gasteiger partial charge on any atom is 0.321 e. The number of urea groups is 2. The fourth-order valence-electron chi connectivity index (χ4n) is 2.06. The number of anilines is 2. The number of carbonyl (C=O) groups excluding carboxylic acids is 2. The summed E-state index contributed by atoms with van der Waals surface area (Å²) in [6.07, 6.45) is 0. The van der Waals surface area contributed by atoms with E-state index in [-0.39, 0.29) is 12.1 Å². The monoisotopic (exact) mass is 306 g/mol. The average Bonchev–Trinajstić information content (AvgIpc) is 2.51. The molecule has 0 unspecified atom stereocenters. The van der Waals surface area contributed by atoms with Crippen molar-refractivity contribution in [1.29, 1.82) is 0 Å². The van der Waals surface area contributed by atoms with E-state index in [1.807, 2.05) is 27.7 Å². The molecule has 0 saturated carbocycles. The number of amides is 4. The van der Waals surface area contributed by atoms with Gasteiger partial charge < -0.3 is 20.4 Å². The minimum atomic E-state index is -0.120. The highest BCUT2D eigenvalue weighted by molar-refractivity contribution is 5.91. The van der Waals surface area contributed by atoms with Crippen molar-refractivity contribution in [3.05, 3.63) is 24.3 Å². The highest BCUT2D eigenvalue weighted by Gasteiger charge is 2.11. The van der Waals surface area contributed by atoms with E-state index in [1.54, 1.807) is 34.1 Å². The van der Waals surface area contributed by atoms with E-state index in [4.69, 9.17) is 0 Å². The minimum absolute atomic E-state index is 0.120. The lowest BCUT2D eigenvalue weighted by atomic mass is 10.3. The number of hydrogen-bond donors (Lipinski definition) is 2. The van der Waals surface area contributed by atoms with Crippen molar-refractivity contribution in [3.8, 4) is 0 Å². The van der Waals surface area contributed by atoms with Gasteiger partial charge in [0.2, 0.25) is 0 Å². The van der Waals surface area contributed by atoms with Crippen molar-refractivity contribution < 1.29 is 9.59 Å². The van der Waals surface area contributed by atoms with Crippen molar-refractivity contribution in [3.63, 3.8) is 0 Å². The van der Waals surface area contributed by atoms with Gasteiger partial charge in [-0.05, 0) is 52.0 Å². The summed E-state index contributed by atoms with van der Waals surface area (Å²) in [5.41, 5.74) is 1.41. The summed E-state index contributed by atoms with van der Waals surface area (Å²) in [7, 11) is 0. The van der Waals surface area contributed by atoms with Crippen LogP contribution in [0.3, 0.4) is 0 Å². The number of carbonyl (C=O) groups is 2. The van der Waals surface area contributed by atoms with Gasteiger partial charge in [0, 0.05) is 37.6 Å². The van der Waals surface area contributed by atoms with Gasteiger partial charge in [0.15, 0.2) is 0 Å². The van der Waals surface area contributed by atoms with Gasteiger partial charge in [0.25, 0.3) is 0 Å². The summed E-state index contributed by atoms with van der Waals surface area (Å²) in [4.78, 5) is 27.3. The number of nitrogens with zero attached hydrogens (tertiary/aromatic N) is 2. The van der Waals surface area contributed by atoms with Gasteiger partial charge in [-0.25, -0.2) is 9.59 Å². The Balaban J connectivity index is 2.63. The molecule has 22 heavy (non-hydrogen) atoms. The molecule has 6 nitrogen and oxygen atoms in total. The van der Waals surface area contributed by atoms with Gasteiger partial charge in [-0.2, -0.15) is 0 Å². The van der Waals surface area contributed by atoms with E-state index in [0.29, 0.717) is 37.6 Å². The lowest BCUT2D eigenvalue weighted by Crippen LogP contribution is -2.34. The topological polar surface area (TPSA) is 64.7 Å². The van der Waals surface area contributed by atoms with Gasteiger partial charge in [0.05, 0.1) is 0 Å². The van der Waals surface area contributed by atoms with Crippen LogP contribution >= 0.6 is 0 Å². The lowest BCUT2D eigenvalue weighted by Gasteiger charge is -2.20. The Hall–Kier alpha value is -2.24. The Bertz CT molecular complexity index is 434. The Kier molecular flexibility index (Phi) is 7.22. The van der Waals surface area contributed by atoms with Gasteiger partial charge in [-0.1, -0.05) is 0 Å². The zero-order valence-corrected chi connectivity index (χ0v) is 13.8. The molecule has 1 rings (SSSR count). The first kappa shape index (κ1) is 17.8. The molecule has 122 valence electrons. The first-order valence-corrected chi connectivity index (χ1v) is 7.77. The number of nitrogens with one attached hydrogen (secondary N) is 2. The zero-order chi connectivity index (χ0) is 16.5. The van der Waals surface area contributed by atoms with Crippen LogP contribution in [0.25, 0.3) is 0 Å². The van der Waals surface area contributed by atoms with E-state index in [2.05, 4.69) is 10.6 Å². The normalized spacial score (nSPS) is 10.0. The molecule has 1 aromatic carbocycles. The molecule has 0 aliphatic carbocycles. The molecule has 0 aromatic heterocycles. The van der Waals surface area contributed by atoms with Crippen molar-refractivity contribution >= 4 is 23.4 Å². The van der Waals surface area contributed by atoms with E-state index in [0.717, 1.165) is 0 Å². The first-order valence-electron chi connectivity index (χ1n) is 7.77. The third kappa shape index (κ3) is 4.95. The predicted molar refractivity (Wildman–Crippen MR) is 90.3 cm³/mol. The summed E-state index contributed by atoms with van der Waals surface area (Å²) in [5.74, 6) is 0. The molecule has 0 aliphatic rings. The fourth-order valence-corrected chi connectivity index (χ4v) is 2.06. The predicted octanol–water partition coefficient (Wildman–Crippen LogP) is 3.43. The van der Waals surface area contributed by atoms with Gasteiger partial charge in [-0.3, -0.25) is 0 Å². The van der Waals surface area contributed by atoms with Crippen LogP contribution in [0.2, 0.25) is 0 Å². The highest BCUT2D eigenvalue weighted by Crippen LogP contribution is 2.14. The largest absolute Gasteiger partial charge is 0.325 e. The third-order valence-electron chi connectivity index (χ3n) is 3.49. The SMILES string of the molecule is CCN(CC)C(=O)Nc1ccc(NC(=O)N(CC)CC)cc1. The smallest absolute Gasteiger partial charge is 0.321 e. The van der Waals surface area contributed by atoms with E-state index in [1.165, 1.54) is 0 Å². The second-order valence-corrected chi connectivity index (χ2v) is 4.78. The summed E-state index contributed by atoms with van der Waals surface area (Å²) in [6.45, 7) is 10.4. The summed E-state index contributed by atoms with van der Waals surface area (Å²) < 4.78 is 0. The first-order chi connectivity index (χ1) is 10.5. The molecule has 4 amide bonds. The summed E-state index contributed by atoms with van der Waals surface area (Å²) in [5, 5.41) is 5.67. The maximum atomic E-state index is 11.9. The second-order valence-electron chi connectivity index (χ2n) is 4.78. The minimum Gasteiger partial charge on any atom is -0.325 e. The summed E-state index contributed by atoms with van der Waals surface area (Å²) >= 11 is 0. The Morgan fingerprint density at radius 3 is 1.23 bits per heavy atom. The molecule has 0 fully saturated rings. The van der Waals surface area contributed by atoms with Crippen molar-refractivity contribution in [1.82, 2.24) is 9.80 Å². The van der Waals surface area contributed by atoms with E-state index < -0.39 is 0 Å². The molecule has 0 aliphatic heterocycles.